The Kier molecular flexibility index (Phi) is 10.5. The van der Waals surface area contributed by atoms with Crippen LogP contribution >= 0.6 is 23.2 Å². The second-order valence-corrected chi connectivity index (χ2v) is 10.9. The van der Waals surface area contributed by atoms with Crippen LogP contribution in [-0.4, -0.2) is 62.4 Å². The molecule has 3 amide bonds. The lowest BCUT2D eigenvalue weighted by Gasteiger charge is -2.21. The number of amides is 3. The monoisotopic (exact) mass is 634 g/mol. The van der Waals surface area contributed by atoms with E-state index in [-0.39, 0.29) is 24.1 Å². The van der Waals surface area contributed by atoms with Gasteiger partial charge in [-0.25, -0.2) is 4.98 Å². The van der Waals surface area contributed by atoms with E-state index in [1.807, 2.05) is 25.1 Å². The second kappa shape index (κ2) is 14.2. The molecule has 0 atom stereocenters. The molecule has 0 spiro atoms. The van der Waals surface area contributed by atoms with E-state index in [0.29, 0.717) is 38.9 Å². The van der Waals surface area contributed by atoms with E-state index in [4.69, 9.17) is 32.7 Å². The minimum absolute atomic E-state index is 0.0242. The van der Waals surface area contributed by atoms with Crippen LogP contribution < -0.4 is 19.7 Å². The summed E-state index contributed by atoms with van der Waals surface area (Å²) < 4.78 is 11.6. The van der Waals surface area contributed by atoms with Crippen LogP contribution in [0.15, 0.2) is 66.7 Å². The van der Waals surface area contributed by atoms with Gasteiger partial charge < -0.3 is 24.6 Å². The van der Waals surface area contributed by atoms with E-state index in [9.17, 15) is 14.4 Å². The van der Waals surface area contributed by atoms with Crippen molar-refractivity contribution in [3.63, 3.8) is 0 Å². The molecule has 0 bridgehead atoms. The largest absolute Gasteiger partial charge is 0.496 e. The fourth-order valence-corrected chi connectivity index (χ4v) is 4.97. The number of likely N-dealkylation sites (N-methyl/N-ethyl adjacent to an activating group) is 1. The number of methoxy groups -OCH3 is 1. The van der Waals surface area contributed by atoms with E-state index < -0.39 is 11.8 Å². The van der Waals surface area contributed by atoms with Gasteiger partial charge >= 0.3 is 0 Å². The van der Waals surface area contributed by atoms with Crippen molar-refractivity contribution < 1.29 is 23.9 Å². The molecular weight excluding hydrogens is 603 g/mol. The van der Waals surface area contributed by atoms with Crippen molar-refractivity contribution >= 4 is 63.6 Å². The molecule has 44 heavy (non-hydrogen) atoms. The fourth-order valence-electron chi connectivity index (χ4n) is 4.37. The van der Waals surface area contributed by atoms with Crippen LogP contribution in [0.4, 0.5) is 5.69 Å². The lowest BCUT2D eigenvalue weighted by molar-refractivity contribution is -0.122. The van der Waals surface area contributed by atoms with Crippen LogP contribution in [0.3, 0.4) is 0 Å². The van der Waals surface area contributed by atoms with Crippen molar-refractivity contribution in [1.82, 2.24) is 15.2 Å². The van der Waals surface area contributed by atoms with Gasteiger partial charge in [-0.3, -0.25) is 14.4 Å². The Hall–Kier alpha value is -4.60. The molecule has 1 heterocycles. The second-order valence-electron chi connectivity index (χ2n) is 10.1. The highest BCUT2D eigenvalue weighted by atomic mass is 35.5. The number of hydrogen-bond donors (Lipinski definition) is 1. The highest BCUT2D eigenvalue weighted by Gasteiger charge is 2.20. The predicted octanol–water partition coefficient (Wildman–Crippen LogP) is 5.93. The van der Waals surface area contributed by atoms with Crippen LogP contribution in [0.5, 0.6) is 11.5 Å². The van der Waals surface area contributed by atoms with Crippen molar-refractivity contribution in [3.05, 3.63) is 99.2 Å². The molecule has 1 aromatic heterocycles. The molecule has 4 rings (SSSR count). The molecule has 0 saturated carbocycles. The number of halogens is 2. The van der Waals surface area contributed by atoms with E-state index in [2.05, 4.69) is 10.3 Å². The number of pyridine rings is 1. The van der Waals surface area contributed by atoms with Gasteiger partial charge in [-0.2, -0.15) is 0 Å². The number of rotatable bonds is 10. The highest BCUT2D eigenvalue weighted by Crippen LogP contribution is 2.36. The molecule has 9 nitrogen and oxygen atoms in total. The Labute approximate surface area is 266 Å². The molecule has 0 aliphatic carbocycles. The topological polar surface area (TPSA) is 101 Å². The number of carbonyl (C=O) groups excluding carboxylic acids is 3. The third-order valence-corrected chi connectivity index (χ3v) is 7.57. The molecular formula is C33H32Cl2N4O5. The quantitative estimate of drug-likeness (QED) is 0.217. The molecule has 4 aromatic rings. The normalized spacial score (nSPS) is 11.0. The number of benzene rings is 3. The number of nitrogens with one attached hydrogen (secondary N) is 1. The number of ether oxygens (including phenoxy) is 2. The number of aryl methyl sites for hydroxylation is 1. The van der Waals surface area contributed by atoms with Gasteiger partial charge in [0.05, 0.1) is 24.4 Å². The van der Waals surface area contributed by atoms with Crippen molar-refractivity contribution in [2.75, 3.05) is 39.7 Å². The lowest BCUT2D eigenvalue weighted by Crippen LogP contribution is -2.37. The van der Waals surface area contributed by atoms with Crippen molar-refractivity contribution in [3.8, 4) is 11.5 Å². The molecule has 0 unspecified atom stereocenters. The first kappa shape index (κ1) is 32.3. The Bertz CT molecular complexity index is 1740. The van der Waals surface area contributed by atoms with Gasteiger partial charge in [-0.15, -0.1) is 0 Å². The van der Waals surface area contributed by atoms with Gasteiger partial charge in [0.2, 0.25) is 11.8 Å². The standard InChI is InChI=1S/C33H32Cl2N4O5/c1-20-17-28(43-5)23-7-6-8-27(32(23)37-20)44-19-24-25(34)14-15-26(31(24)35)39(4)30(41)18-36-29(40)16-11-21-9-12-22(13-10-21)33(42)38(2)3/h6-17H,18-19H2,1-5H3,(H,36,40). The Balaban J connectivity index is 1.40. The maximum absolute atomic E-state index is 13.0. The summed E-state index contributed by atoms with van der Waals surface area (Å²) in [5.74, 6) is 0.257. The molecule has 228 valence electrons. The SMILES string of the molecule is COc1cc(C)nc2c(OCc3c(Cl)ccc(N(C)C(=O)CNC(=O)C=Cc4ccc(C(=O)N(C)C)cc4)c3Cl)cccc12. The summed E-state index contributed by atoms with van der Waals surface area (Å²) in [4.78, 5) is 44.8. The third-order valence-electron chi connectivity index (χ3n) is 6.79. The number of para-hydroxylation sites is 1. The van der Waals surface area contributed by atoms with Crippen LogP contribution in [0, 0.1) is 6.92 Å². The average Bonchev–Trinajstić information content (AvgIpc) is 3.01. The Morgan fingerprint density at radius 3 is 2.39 bits per heavy atom. The van der Waals surface area contributed by atoms with Crippen LogP contribution in [0.1, 0.15) is 27.2 Å². The summed E-state index contributed by atoms with van der Waals surface area (Å²) in [5, 5.41) is 4.01. The Morgan fingerprint density at radius 2 is 1.70 bits per heavy atom. The van der Waals surface area contributed by atoms with Gasteiger partial charge in [-0.05, 0) is 55.0 Å². The summed E-state index contributed by atoms with van der Waals surface area (Å²) in [5.41, 5.74) is 3.59. The molecule has 3 aromatic carbocycles. The number of fused-ring (bicyclic) bond motifs is 1. The molecule has 1 N–H and O–H groups in total. The van der Waals surface area contributed by atoms with Gasteiger partial charge in [0.1, 0.15) is 23.6 Å². The molecule has 0 saturated heterocycles. The molecule has 11 heteroatoms. The zero-order valence-electron chi connectivity index (χ0n) is 25.0. The molecule has 0 aliphatic rings. The van der Waals surface area contributed by atoms with Crippen molar-refractivity contribution in [2.45, 2.75) is 13.5 Å². The number of aromatic nitrogens is 1. The first-order valence-electron chi connectivity index (χ1n) is 13.6. The van der Waals surface area contributed by atoms with Crippen molar-refractivity contribution in [2.24, 2.45) is 0 Å². The smallest absolute Gasteiger partial charge is 0.253 e. The summed E-state index contributed by atoms with van der Waals surface area (Å²) in [7, 11) is 6.52. The Morgan fingerprint density at radius 1 is 0.977 bits per heavy atom. The van der Waals surface area contributed by atoms with E-state index >= 15 is 0 Å². The predicted molar refractivity (Wildman–Crippen MR) is 174 cm³/mol. The highest BCUT2D eigenvalue weighted by molar-refractivity contribution is 6.38. The number of anilines is 1. The minimum Gasteiger partial charge on any atom is -0.496 e. The first-order valence-corrected chi connectivity index (χ1v) is 14.3. The van der Waals surface area contributed by atoms with E-state index in [1.165, 1.54) is 15.9 Å². The van der Waals surface area contributed by atoms with Gasteiger partial charge in [-0.1, -0.05) is 41.4 Å². The summed E-state index contributed by atoms with van der Waals surface area (Å²) in [6.45, 7) is 1.64. The summed E-state index contributed by atoms with van der Waals surface area (Å²) in [6, 6.07) is 17.5. The zero-order chi connectivity index (χ0) is 32.0. The summed E-state index contributed by atoms with van der Waals surface area (Å²) >= 11 is 13.2. The van der Waals surface area contributed by atoms with E-state index in [0.717, 1.165) is 16.6 Å². The van der Waals surface area contributed by atoms with Gasteiger partial charge in [0.25, 0.3) is 5.91 Å². The van der Waals surface area contributed by atoms with Crippen LogP contribution in [-0.2, 0) is 16.2 Å². The summed E-state index contributed by atoms with van der Waals surface area (Å²) in [6.07, 6.45) is 2.92. The number of nitrogens with zero attached hydrogens (tertiary/aromatic N) is 3. The van der Waals surface area contributed by atoms with Crippen molar-refractivity contribution in [1.29, 1.82) is 0 Å². The molecule has 0 fully saturated rings. The number of carbonyl (C=O) groups is 3. The molecule has 0 aliphatic heterocycles. The number of hydrogen-bond acceptors (Lipinski definition) is 6. The average molecular weight is 636 g/mol. The first-order chi connectivity index (χ1) is 21.0. The van der Waals surface area contributed by atoms with Gasteiger partial charge in [0.15, 0.2) is 0 Å². The third kappa shape index (κ3) is 7.48. The van der Waals surface area contributed by atoms with Gasteiger partial charge in [0, 0.05) is 60.5 Å². The lowest BCUT2D eigenvalue weighted by atomic mass is 10.1. The maximum Gasteiger partial charge on any atom is 0.253 e. The fraction of sp³-hybridized carbons (Fsp3) is 0.212. The molecule has 0 radical (unpaired) electrons. The van der Waals surface area contributed by atoms with Crippen LogP contribution in [0.25, 0.3) is 17.0 Å². The van der Waals surface area contributed by atoms with Crippen LogP contribution in [0.2, 0.25) is 10.0 Å². The van der Waals surface area contributed by atoms with E-state index in [1.54, 1.807) is 76.8 Å². The minimum atomic E-state index is -0.452. The maximum atomic E-state index is 13.0. The zero-order valence-corrected chi connectivity index (χ0v) is 26.5.